The Morgan fingerprint density at radius 3 is 2.40 bits per heavy atom. The fourth-order valence-corrected chi connectivity index (χ4v) is 3.43. The van der Waals surface area contributed by atoms with Crippen molar-refractivity contribution in [3.63, 3.8) is 0 Å². The number of Topliss-reactive ketones (excluding diaryl/α,β-unsaturated/α-hetero) is 1. The Labute approximate surface area is 178 Å². The van der Waals surface area contributed by atoms with Gasteiger partial charge in [0.25, 0.3) is 0 Å². The number of aromatic nitrogens is 1. The van der Waals surface area contributed by atoms with Crippen molar-refractivity contribution in [1.82, 2.24) is 4.57 Å². The normalized spacial score (nSPS) is 10.7. The number of hydrogen-bond donors (Lipinski definition) is 1. The number of nitrogens with zero attached hydrogens (tertiary/aromatic N) is 1. The number of ketones is 1. The highest BCUT2D eigenvalue weighted by molar-refractivity contribution is 6.33. The van der Waals surface area contributed by atoms with E-state index in [0.717, 1.165) is 10.9 Å². The highest BCUT2D eigenvalue weighted by Crippen LogP contribution is 2.24. The van der Waals surface area contributed by atoms with E-state index in [0.29, 0.717) is 22.0 Å². The minimum atomic E-state index is -0.233. The van der Waals surface area contributed by atoms with Gasteiger partial charge in [-0.1, -0.05) is 60.1 Å². The molecule has 5 nitrogen and oxygen atoms in total. The van der Waals surface area contributed by atoms with Crippen LogP contribution in [0.1, 0.15) is 10.4 Å². The van der Waals surface area contributed by atoms with Crippen molar-refractivity contribution in [3.8, 4) is 5.75 Å². The summed E-state index contributed by atoms with van der Waals surface area (Å²) in [5, 5.41) is 4.06. The van der Waals surface area contributed by atoms with E-state index >= 15 is 0 Å². The molecule has 1 amide bonds. The topological polar surface area (TPSA) is 60.3 Å². The smallest absolute Gasteiger partial charge is 0.244 e. The number of hydrogen-bond acceptors (Lipinski definition) is 3. The summed E-state index contributed by atoms with van der Waals surface area (Å²) >= 11 is 6.12. The maximum atomic E-state index is 12.8. The van der Waals surface area contributed by atoms with Crippen molar-refractivity contribution in [2.45, 2.75) is 6.54 Å². The molecule has 0 fully saturated rings. The third-order valence-corrected chi connectivity index (χ3v) is 4.99. The summed E-state index contributed by atoms with van der Waals surface area (Å²) in [4.78, 5) is 25.4. The van der Waals surface area contributed by atoms with E-state index in [9.17, 15) is 9.59 Å². The van der Waals surface area contributed by atoms with E-state index < -0.39 is 0 Å². The van der Waals surface area contributed by atoms with E-state index in [2.05, 4.69) is 5.32 Å². The third-order valence-electron chi connectivity index (χ3n) is 4.66. The summed E-state index contributed by atoms with van der Waals surface area (Å²) in [6.45, 7) is -0.0254. The Hall–Kier alpha value is -3.57. The van der Waals surface area contributed by atoms with Crippen LogP contribution in [0, 0.1) is 0 Å². The average Bonchev–Trinajstić information content (AvgIpc) is 3.13. The molecule has 4 rings (SSSR count). The Bertz CT molecular complexity index is 1200. The first-order valence-electron chi connectivity index (χ1n) is 9.45. The summed E-state index contributed by atoms with van der Waals surface area (Å²) in [5.74, 6) is 0.248. The van der Waals surface area contributed by atoms with Crippen molar-refractivity contribution in [2.75, 3.05) is 11.9 Å². The second-order valence-corrected chi connectivity index (χ2v) is 7.15. The van der Waals surface area contributed by atoms with Gasteiger partial charge in [0, 0.05) is 22.7 Å². The second kappa shape index (κ2) is 8.84. The number of carbonyl (C=O) groups is 2. The van der Waals surface area contributed by atoms with Gasteiger partial charge in [-0.05, 0) is 30.3 Å². The maximum absolute atomic E-state index is 12.8. The number of halogens is 1. The van der Waals surface area contributed by atoms with E-state index in [4.69, 9.17) is 16.3 Å². The van der Waals surface area contributed by atoms with Crippen LogP contribution in [0.4, 0.5) is 5.69 Å². The van der Waals surface area contributed by atoms with Gasteiger partial charge >= 0.3 is 0 Å². The van der Waals surface area contributed by atoms with Crippen LogP contribution in [0.5, 0.6) is 5.75 Å². The van der Waals surface area contributed by atoms with Crippen molar-refractivity contribution in [3.05, 3.63) is 95.6 Å². The number of ether oxygens (including phenoxy) is 1. The molecule has 0 unspecified atom stereocenters. The zero-order valence-corrected chi connectivity index (χ0v) is 16.8. The molecule has 1 heterocycles. The van der Waals surface area contributed by atoms with Gasteiger partial charge in [0.15, 0.2) is 6.61 Å². The SMILES string of the molecule is O=C(Cn1cc(C(=O)COc2ccccc2)c2ccccc21)Nc1ccccc1Cl. The number of benzene rings is 3. The average molecular weight is 419 g/mol. The zero-order valence-electron chi connectivity index (χ0n) is 16.0. The van der Waals surface area contributed by atoms with E-state index in [1.807, 2.05) is 42.5 Å². The van der Waals surface area contributed by atoms with Crippen LogP contribution >= 0.6 is 11.6 Å². The van der Waals surface area contributed by atoms with Crippen molar-refractivity contribution in [1.29, 1.82) is 0 Å². The number of amides is 1. The highest BCUT2D eigenvalue weighted by atomic mass is 35.5. The van der Waals surface area contributed by atoms with Crippen molar-refractivity contribution < 1.29 is 14.3 Å². The fraction of sp³-hybridized carbons (Fsp3) is 0.0833. The van der Waals surface area contributed by atoms with Gasteiger partial charge in [-0.15, -0.1) is 0 Å². The molecule has 0 aliphatic heterocycles. The van der Waals surface area contributed by atoms with Gasteiger partial charge in [0.05, 0.1) is 10.7 Å². The Balaban J connectivity index is 1.54. The van der Waals surface area contributed by atoms with E-state index in [1.54, 1.807) is 47.2 Å². The van der Waals surface area contributed by atoms with Crippen LogP contribution in [0.2, 0.25) is 5.02 Å². The molecule has 30 heavy (non-hydrogen) atoms. The molecule has 4 aromatic rings. The van der Waals surface area contributed by atoms with E-state index in [-0.39, 0.29) is 24.8 Å². The molecule has 1 aromatic heterocycles. The first-order chi connectivity index (χ1) is 14.6. The molecule has 0 atom stereocenters. The number of para-hydroxylation sites is 3. The first-order valence-corrected chi connectivity index (χ1v) is 9.83. The fourth-order valence-electron chi connectivity index (χ4n) is 3.25. The lowest BCUT2D eigenvalue weighted by atomic mass is 10.1. The zero-order chi connectivity index (χ0) is 20.9. The molecule has 1 N–H and O–H groups in total. The Kier molecular flexibility index (Phi) is 5.82. The van der Waals surface area contributed by atoms with Crippen LogP contribution in [0.3, 0.4) is 0 Å². The van der Waals surface area contributed by atoms with Gasteiger partial charge in [-0.2, -0.15) is 0 Å². The van der Waals surface area contributed by atoms with Crippen LogP contribution in [-0.4, -0.2) is 22.9 Å². The monoisotopic (exact) mass is 418 g/mol. The molecular weight excluding hydrogens is 400 g/mol. The number of carbonyl (C=O) groups excluding carboxylic acids is 2. The number of nitrogens with one attached hydrogen (secondary N) is 1. The quantitative estimate of drug-likeness (QED) is 0.420. The van der Waals surface area contributed by atoms with Crippen LogP contribution in [-0.2, 0) is 11.3 Å². The molecular formula is C24H19ClN2O3. The molecule has 0 aliphatic rings. The summed E-state index contributed by atoms with van der Waals surface area (Å²) < 4.78 is 7.36. The Morgan fingerprint density at radius 2 is 1.60 bits per heavy atom. The highest BCUT2D eigenvalue weighted by Gasteiger charge is 2.17. The lowest BCUT2D eigenvalue weighted by Crippen LogP contribution is -2.18. The second-order valence-electron chi connectivity index (χ2n) is 6.74. The lowest BCUT2D eigenvalue weighted by molar-refractivity contribution is -0.116. The molecule has 0 radical (unpaired) electrons. The summed E-state index contributed by atoms with van der Waals surface area (Å²) in [6.07, 6.45) is 1.70. The van der Waals surface area contributed by atoms with Gasteiger partial charge in [0.1, 0.15) is 12.3 Å². The van der Waals surface area contributed by atoms with Crippen molar-refractivity contribution >= 4 is 39.9 Å². The van der Waals surface area contributed by atoms with Crippen molar-refractivity contribution in [2.24, 2.45) is 0 Å². The first kappa shape index (κ1) is 19.7. The number of fused-ring (bicyclic) bond motifs is 1. The molecule has 6 heteroatoms. The molecule has 0 saturated carbocycles. The Morgan fingerprint density at radius 1 is 0.900 bits per heavy atom. The van der Waals surface area contributed by atoms with Crippen LogP contribution < -0.4 is 10.1 Å². The lowest BCUT2D eigenvalue weighted by Gasteiger charge is -2.08. The maximum Gasteiger partial charge on any atom is 0.244 e. The molecule has 3 aromatic carbocycles. The largest absolute Gasteiger partial charge is 0.485 e. The van der Waals surface area contributed by atoms with Gasteiger partial charge in [-0.3, -0.25) is 9.59 Å². The minimum absolute atomic E-state index is 0.0541. The summed E-state index contributed by atoms with van der Waals surface area (Å²) in [5.41, 5.74) is 1.87. The molecule has 0 spiro atoms. The number of rotatable bonds is 7. The minimum Gasteiger partial charge on any atom is -0.485 e. The number of anilines is 1. The van der Waals surface area contributed by atoms with Gasteiger partial charge < -0.3 is 14.6 Å². The summed E-state index contributed by atoms with van der Waals surface area (Å²) in [6, 6.07) is 23.7. The predicted octanol–water partition coefficient (Wildman–Crippen LogP) is 5.20. The standard InChI is InChI=1S/C24H19ClN2O3/c25-20-11-5-6-12-21(20)26-24(29)15-27-14-19(18-10-4-7-13-22(18)27)23(28)16-30-17-8-2-1-3-9-17/h1-14H,15-16H2,(H,26,29). The van der Waals surface area contributed by atoms with Crippen LogP contribution in [0.25, 0.3) is 10.9 Å². The predicted molar refractivity (Wildman–Crippen MR) is 118 cm³/mol. The molecule has 0 saturated heterocycles. The van der Waals surface area contributed by atoms with Crippen LogP contribution in [0.15, 0.2) is 85.1 Å². The molecule has 0 bridgehead atoms. The van der Waals surface area contributed by atoms with E-state index in [1.165, 1.54) is 0 Å². The third kappa shape index (κ3) is 4.36. The van der Waals surface area contributed by atoms with Gasteiger partial charge in [-0.25, -0.2) is 0 Å². The summed E-state index contributed by atoms with van der Waals surface area (Å²) in [7, 11) is 0. The molecule has 0 aliphatic carbocycles. The molecule has 150 valence electrons. The van der Waals surface area contributed by atoms with Gasteiger partial charge in [0.2, 0.25) is 11.7 Å².